The van der Waals surface area contributed by atoms with Crippen molar-refractivity contribution in [2.45, 2.75) is 37.8 Å². The molecule has 0 spiro atoms. The second-order valence-electron chi connectivity index (χ2n) is 6.51. The maximum absolute atomic E-state index is 13.0. The summed E-state index contributed by atoms with van der Waals surface area (Å²) < 4.78 is 11.1. The number of pyridine rings is 1. The first-order valence-electron chi connectivity index (χ1n) is 8.63. The van der Waals surface area contributed by atoms with E-state index in [-0.39, 0.29) is 18.1 Å². The summed E-state index contributed by atoms with van der Waals surface area (Å²) in [6.07, 6.45) is 4.64. The minimum Gasteiger partial charge on any atom is -0.497 e. The third-order valence-corrected chi connectivity index (χ3v) is 5.11. The van der Waals surface area contributed by atoms with Crippen LogP contribution in [-0.2, 0) is 4.74 Å². The smallest absolute Gasteiger partial charge is 0.272 e. The van der Waals surface area contributed by atoms with E-state index >= 15 is 0 Å². The fourth-order valence-electron chi connectivity index (χ4n) is 3.85. The molecule has 0 bridgehead atoms. The van der Waals surface area contributed by atoms with Crippen molar-refractivity contribution in [3.63, 3.8) is 0 Å². The monoisotopic (exact) mass is 326 g/mol. The summed E-state index contributed by atoms with van der Waals surface area (Å²) in [6.45, 7) is 1.28. The van der Waals surface area contributed by atoms with Crippen molar-refractivity contribution < 1.29 is 14.3 Å². The Kier molecular flexibility index (Phi) is 4.10. The van der Waals surface area contributed by atoms with Gasteiger partial charge in [0.2, 0.25) is 0 Å². The number of rotatable bonds is 2. The van der Waals surface area contributed by atoms with Gasteiger partial charge in [0, 0.05) is 11.9 Å². The maximum Gasteiger partial charge on any atom is 0.272 e. The molecule has 2 aliphatic rings. The van der Waals surface area contributed by atoms with Gasteiger partial charge in [-0.05, 0) is 37.1 Å². The molecule has 1 saturated heterocycles. The Morgan fingerprint density at radius 2 is 2.12 bits per heavy atom. The lowest BCUT2D eigenvalue weighted by molar-refractivity contribution is -0.0754. The summed E-state index contributed by atoms with van der Waals surface area (Å²) in [4.78, 5) is 19.6. The summed E-state index contributed by atoms with van der Waals surface area (Å²) in [6, 6.07) is 9.66. The number of benzene rings is 1. The molecule has 1 aromatic carbocycles. The Bertz CT molecular complexity index is 759. The number of nitrogens with zero attached hydrogens (tertiary/aromatic N) is 2. The molecule has 0 radical (unpaired) electrons. The van der Waals surface area contributed by atoms with E-state index in [0.29, 0.717) is 18.8 Å². The number of aromatic nitrogens is 1. The van der Waals surface area contributed by atoms with Crippen LogP contribution in [0.3, 0.4) is 0 Å². The molecule has 2 fully saturated rings. The van der Waals surface area contributed by atoms with Crippen LogP contribution in [0.25, 0.3) is 10.9 Å². The zero-order valence-corrected chi connectivity index (χ0v) is 13.9. The van der Waals surface area contributed by atoms with Crippen LogP contribution >= 0.6 is 0 Å². The standard InChI is InChI=1S/C19H22N2O3/c1-23-14-7-9-15-13(12-14)6-8-16(20-15)19(22)21-10-11-24-18-5-3-2-4-17(18)21/h6-9,12,17-18H,2-5,10-11H2,1H3/t17-,18+/m1/s1. The first-order chi connectivity index (χ1) is 11.8. The zero-order valence-electron chi connectivity index (χ0n) is 13.9. The predicted octanol–water partition coefficient (Wildman–Crippen LogP) is 3.03. The predicted molar refractivity (Wildman–Crippen MR) is 91.3 cm³/mol. The third-order valence-electron chi connectivity index (χ3n) is 5.11. The molecule has 0 N–H and O–H groups in total. The molecule has 126 valence electrons. The molecule has 2 atom stereocenters. The second kappa shape index (κ2) is 6.40. The highest BCUT2D eigenvalue weighted by Crippen LogP contribution is 2.29. The van der Waals surface area contributed by atoms with Crippen molar-refractivity contribution >= 4 is 16.8 Å². The summed E-state index contributed by atoms with van der Waals surface area (Å²) >= 11 is 0. The Morgan fingerprint density at radius 3 is 3.00 bits per heavy atom. The highest BCUT2D eigenvalue weighted by molar-refractivity contribution is 5.95. The fourth-order valence-corrected chi connectivity index (χ4v) is 3.85. The number of carbonyl (C=O) groups is 1. The van der Waals surface area contributed by atoms with Crippen molar-refractivity contribution in [1.82, 2.24) is 9.88 Å². The average Bonchev–Trinajstić information content (AvgIpc) is 2.66. The van der Waals surface area contributed by atoms with E-state index in [2.05, 4.69) is 4.98 Å². The van der Waals surface area contributed by atoms with Gasteiger partial charge in [0.15, 0.2) is 0 Å². The number of ether oxygens (including phenoxy) is 2. The molecule has 1 aliphatic heterocycles. The first-order valence-corrected chi connectivity index (χ1v) is 8.63. The van der Waals surface area contributed by atoms with Crippen molar-refractivity contribution in [3.05, 3.63) is 36.0 Å². The number of fused-ring (bicyclic) bond motifs is 2. The summed E-state index contributed by atoms with van der Waals surface area (Å²) in [5.41, 5.74) is 1.33. The van der Waals surface area contributed by atoms with Crippen LogP contribution in [0.15, 0.2) is 30.3 Å². The molecule has 2 heterocycles. The van der Waals surface area contributed by atoms with Crippen LogP contribution in [0.2, 0.25) is 0 Å². The lowest BCUT2D eigenvalue weighted by atomic mass is 9.90. The number of hydrogen-bond acceptors (Lipinski definition) is 4. The minimum atomic E-state index is 0.0212. The molecule has 1 amide bonds. The molecule has 0 unspecified atom stereocenters. The minimum absolute atomic E-state index is 0.0212. The van der Waals surface area contributed by atoms with E-state index in [9.17, 15) is 4.79 Å². The molecule has 1 saturated carbocycles. The van der Waals surface area contributed by atoms with Gasteiger partial charge in [-0.2, -0.15) is 0 Å². The molecule has 5 nitrogen and oxygen atoms in total. The number of amides is 1. The Labute approximate surface area is 141 Å². The quantitative estimate of drug-likeness (QED) is 0.851. The Hall–Kier alpha value is -2.14. The van der Waals surface area contributed by atoms with Gasteiger partial charge >= 0.3 is 0 Å². The Balaban J connectivity index is 1.62. The third kappa shape index (κ3) is 2.73. The number of hydrogen-bond donors (Lipinski definition) is 0. The maximum atomic E-state index is 13.0. The molecule has 1 aliphatic carbocycles. The normalized spacial score (nSPS) is 23.8. The Morgan fingerprint density at radius 1 is 1.25 bits per heavy atom. The van der Waals surface area contributed by atoms with E-state index in [1.165, 1.54) is 12.8 Å². The van der Waals surface area contributed by atoms with Crippen LogP contribution in [0.1, 0.15) is 36.2 Å². The molecular weight excluding hydrogens is 304 g/mol. The second-order valence-corrected chi connectivity index (χ2v) is 6.51. The van der Waals surface area contributed by atoms with Crippen LogP contribution in [0, 0.1) is 0 Å². The van der Waals surface area contributed by atoms with Gasteiger partial charge in [-0.3, -0.25) is 4.79 Å². The van der Waals surface area contributed by atoms with E-state index < -0.39 is 0 Å². The van der Waals surface area contributed by atoms with E-state index in [0.717, 1.165) is 29.5 Å². The van der Waals surface area contributed by atoms with Crippen LogP contribution in [-0.4, -0.2) is 48.2 Å². The highest BCUT2D eigenvalue weighted by Gasteiger charge is 2.37. The van der Waals surface area contributed by atoms with Gasteiger partial charge < -0.3 is 14.4 Å². The lowest BCUT2D eigenvalue weighted by Crippen LogP contribution is -2.54. The van der Waals surface area contributed by atoms with Crippen LogP contribution in [0.4, 0.5) is 0 Å². The summed E-state index contributed by atoms with van der Waals surface area (Å²) in [5, 5.41) is 0.975. The number of carbonyl (C=O) groups excluding carboxylic acids is 1. The molecule has 1 aromatic heterocycles. The number of methoxy groups -OCH3 is 1. The van der Waals surface area contributed by atoms with E-state index in [1.807, 2.05) is 35.2 Å². The van der Waals surface area contributed by atoms with Gasteiger partial charge in [-0.1, -0.05) is 18.9 Å². The number of morpholine rings is 1. The van der Waals surface area contributed by atoms with Crippen LogP contribution < -0.4 is 4.74 Å². The molecule has 4 rings (SSSR count). The van der Waals surface area contributed by atoms with Crippen molar-refractivity contribution in [2.75, 3.05) is 20.3 Å². The van der Waals surface area contributed by atoms with Crippen LogP contribution in [0.5, 0.6) is 5.75 Å². The van der Waals surface area contributed by atoms with Gasteiger partial charge in [0.1, 0.15) is 11.4 Å². The van der Waals surface area contributed by atoms with Gasteiger partial charge in [-0.15, -0.1) is 0 Å². The average molecular weight is 326 g/mol. The highest BCUT2D eigenvalue weighted by atomic mass is 16.5. The van der Waals surface area contributed by atoms with E-state index in [4.69, 9.17) is 9.47 Å². The fraction of sp³-hybridized carbons (Fsp3) is 0.474. The summed E-state index contributed by atoms with van der Waals surface area (Å²) in [7, 11) is 1.64. The largest absolute Gasteiger partial charge is 0.497 e. The van der Waals surface area contributed by atoms with Gasteiger partial charge in [0.25, 0.3) is 5.91 Å². The molecule has 5 heteroatoms. The topological polar surface area (TPSA) is 51.7 Å². The first kappa shape index (κ1) is 15.4. The van der Waals surface area contributed by atoms with Crippen molar-refractivity contribution in [3.8, 4) is 5.75 Å². The lowest BCUT2D eigenvalue weighted by Gasteiger charge is -2.43. The molecule has 24 heavy (non-hydrogen) atoms. The van der Waals surface area contributed by atoms with Crippen molar-refractivity contribution in [2.24, 2.45) is 0 Å². The van der Waals surface area contributed by atoms with Crippen molar-refractivity contribution in [1.29, 1.82) is 0 Å². The zero-order chi connectivity index (χ0) is 16.5. The van der Waals surface area contributed by atoms with Gasteiger partial charge in [0.05, 0.1) is 31.4 Å². The molecular formula is C19H22N2O3. The summed E-state index contributed by atoms with van der Waals surface area (Å²) in [5.74, 6) is 0.814. The van der Waals surface area contributed by atoms with Gasteiger partial charge in [-0.25, -0.2) is 4.98 Å². The SMILES string of the molecule is COc1ccc2nc(C(=O)N3CCO[C@H]4CCCC[C@H]43)ccc2c1. The van der Waals surface area contributed by atoms with E-state index in [1.54, 1.807) is 7.11 Å². The molecule has 2 aromatic rings.